The van der Waals surface area contributed by atoms with E-state index in [1.165, 1.54) is 0 Å². The quantitative estimate of drug-likeness (QED) is 0.675. The van der Waals surface area contributed by atoms with Gasteiger partial charge in [-0.2, -0.15) is 0 Å². The van der Waals surface area contributed by atoms with Crippen molar-refractivity contribution >= 4 is 21.4 Å². The molecular weight excluding hydrogens is 282 g/mol. The van der Waals surface area contributed by atoms with E-state index in [0.29, 0.717) is 25.4 Å². The van der Waals surface area contributed by atoms with Crippen molar-refractivity contribution in [3.8, 4) is 0 Å². The van der Waals surface area contributed by atoms with Crippen molar-refractivity contribution in [2.45, 2.75) is 39.7 Å². The smallest absolute Gasteiger partial charge is 0.211 e. The summed E-state index contributed by atoms with van der Waals surface area (Å²) in [5.41, 5.74) is 0.989. The molecule has 1 rings (SSSR count). The van der Waals surface area contributed by atoms with Crippen LogP contribution >= 0.6 is 11.3 Å². The summed E-state index contributed by atoms with van der Waals surface area (Å²) in [5.74, 6) is 0.170. The van der Waals surface area contributed by atoms with Crippen LogP contribution in [0.1, 0.15) is 31.0 Å². The average Bonchev–Trinajstić information content (AvgIpc) is 2.70. The second-order valence-electron chi connectivity index (χ2n) is 4.81. The molecule has 0 aromatic carbocycles. The highest BCUT2D eigenvalue weighted by molar-refractivity contribution is 7.89. The molecular formula is C12H23N3O2S2. The van der Waals surface area contributed by atoms with E-state index in [2.05, 4.69) is 15.0 Å². The molecule has 7 heteroatoms. The number of nitrogens with one attached hydrogen (secondary N) is 2. The topological polar surface area (TPSA) is 71.1 Å². The van der Waals surface area contributed by atoms with E-state index >= 15 is 0 Å². The first-order valence-corrected chi connectivity index (χ1v) is 9.04. The van der Waals surface area contributed by atoms with Crippen LogP contribution in [-0.2, 0) is 16.4 Å². The van der Waals surface area contributed by atoms with Crippen LogP contribution in [0.2, 0.25) is 0 Å². The zero-order valence-corrected chi connectivity index (χ0v) is 13.4. The lowest BCUT2D eigenvalue weighted by Gasteiger charge is -2.08. The highest BCUT2D eigenvalue weighted by Gasteiger charge is 2.09. The van der Waals surface area contributed by atoms with Crippen LogP contribution in [0.4, 0.5) is 0 Å². The lowest BCUT2D eigenvalue weighted by Crippen LogP contribution is -2.31. The largest absolute Gasteiger partial charge is 0.314 e. The summed E-state index contributed by atoms with van der Waals surface area (Å²) >= 11 is 1.57. The number of aryl methyl sites for hydroxylation is 1. The lowest BCUT2D eigenvalue weighted by atomic mass is 10.4. The molecule has 0 aliphatic carbocycles. The zero-order valence-electron chi connectivity index (χ0n) is 11.8. The number of hydrogen-bond acceptors (Lipinski definition) is 5. The summed E-state index contributed by atoms with van der Waals surface area (Å²) in [6.45, 7) is 7.18. The predicted octanol–water partition coefficient (Wildman–Crippen LogP) is 1.30. The Balaban J connectivity index is 2.19. The fourth-order valence-corrected chi connectivity index (χ4v) is 3.41. The Labute approximate surface area is 119 Å². The molecule has 0 saturated carbocycles. The van der Waals surface area contributed by atoms with E-state index < -0.39 is 10.0 Å². The Morgan fingerprint density at radius 3 is 2.68 bits per heavy atom. The molecule has 0 spiro atoms. The van der Waals surface area contributed by atoms with Gasteiger partial charge in [-0.25, -0.2) is 18.1 Å². The molecule has 1 heterocycles. The van der Waals surface area contributed by atoms with Crippen LogP contribution in [0.3, 0.4) is 0 Å². The maximum absolute atomic E-state index is 11.7. The molecule has 19 heavy (non-hydrogen) atoms. The van der Waals surface area contributed by atoms with Crippen LogP contribution in [0.25, 0.3) is 0 Å². The molecule has 1 aromatic rings. The molecule has 5 nitrogen and oxygen atoms in total. The molecule has 0 unspecified atom stereocenters. The van der Waals surface area contributed by atoms with Crippen LogP contribution in [-0.4, -0.2) is 38.3 Å². The molecule has 2 N–H and O–H groups in total. The number of sulfonamides is 1. The highest BCUT2D eigenvalue weighted by Crippen LogP contribution is 2.08. The second-order valence-corrected chi connectivity index (χ2v) is 7.68. The van der Waals surface area contributed by atoms with Crippen LogP contribution < -0.4 is 10.0 Å². The van der Waals surface area contributed by atoms with E-state index in [4.69, 9.17) is 0 Å². The fourth-order valence-electron chi connectivity index (χ4n) is 1.56. The third kappa shape index (κ3) is 7.61. The van der Waals surface area contributed by atoms with Gasteiger partial charge in [0.1, 0.15) is 0 Å². The van der Waals surface area contributed by atoms with Gasteiger partial charge in [0.05, 0.1) is 10.8 Å². The van der Waals surface area contributed by atoms with Gasteiger partial charge >= 0.3 is 0 Å². The minimum Gasteiger partial charge on any atom is -0.314 e. The van der Waals surface area contributed by atoms with Gasteiger partial charge in [0.2, 0.25) is 10.0 Å². The Bertz CT molecular complexity index is 469. The second kappa shape index (κ2) is 7.94. The Morgan fingerprint density at radius 1 is 1.37 bits per heavy atom. The standard InChI is InChI=1S/C12H23N3O2S2/c1-10(2)13-6-4-8-19(16,17)14-7-5-12-15-11(3)9-18-12/h9-10,13-14H,4-8H2,1-3H3. The maximum Gasteiger partial charge on any atom is 0.211 e. The van der Waals surface area contributed by atoms with Gasteiger partial charge in [0.15, 0.2) is 0 Å². The molecule has 0 saturated heterocycles. The van der Waals surface area contributed by atoms with Crippen molar-refractivity contribution in [2.75, 3.05) is 18.8 Å². The van der Waals surface area contributed by atoms with Gasteiger partial charge in [-0.15, -0.1) is 11.3 Å². The molecule has 0 bridgehead atoms. The summed E-state index contributed by atoms with van der Waals surface area (Å²) in [5, 5.41) is 6.15. The fraction of sp³-hybridized carbons (Fsp3) is 0.750. The zero-order chi connectivity index (χ0) is 14.3. The molecule has 1 aromatic heterocycles. The van der Waals surface area contributed by atoms with Crippen molar-refractivity contribution in [3.63, 3.8) is 0 Å². The summed E-state index contributed by atoms with van der Waals surface area (Å²) in [7, 11) is -3.16. The molecule has 0 atom stereocenters. The number of aromatic nitrogens is 1. The van der Waals surface area contributed by atoms with Gasteiger partial charge in [-0.1, -0.05) is 13.8 Å². The van der Waals surface area contributed by atoms with E-state index in [-0.39, 0.29) is 5.75 Å². The normalized spacial score (nSPS) is 12.2. The number of nitrogens with zero attached hydrogens (tertiary/aromatic N) is 1. The van der Waals surface area contributed by atoms with Crippen LogP contribution in [0.5, 0.6) is 0 Å². The maximum atomic E-state index is 11.7. The monoisotopic (exact) mass is 305 g/mol. The first kappa shape index (κ1) is 16.6. The van der Waals surface area contributed by atoms with Crippen molar-refractivity contribution in [1.29, 1.82) is 0 Å². The summed E-state index contributed by atoms with van der Waals surface area (Å²) < 4.78 is 26.0. The number of rotatable bonds is 9. The number of hydrogen-bond donors (Lipinski definition) is 2. The molecule has 110 valence electrons. The van der Waals surface area contributed by atoms with Gasteiger partial charge in [-0.05, 0) is 19.9 Å². The van der Waals surface area contributed by atoms with Gasteiger partial charge < -0.3 is 5.32 Å². The number of thiazole rings is 1. The minimum atomic E-state index is -3.16. The first-order chi connectivity index (χ1) is 8.89. The first-order valence-electron chi connectivity index (χ1n) is 6.51. The molecule has 0 aliphatic rings. The average molecular weight is 305 g/mol. The predicted molar refractivity (Wildman–Crippen MR) is 80.1 cm³/mol. The van der Waals surface area contributed by atoms with Crippen molar-refractivity contribution < 1.29 is 8.42 Å². The Hall–Kier alpha value is -0.500. The third-order valence-electron chi connectivity index (χ3n) is 2.47. The minimum absolute atomic E-state index is 0.170. The van der Waals surface area contributed by atoms with Crippen molar-refractivity contribution in [1.82, 2.24) is 15.0 Å². The van der Waals surface area contributed by atoms with E-state index in [0.717, 1.165) is 17.2 Å². The van der Waals surface area contributed by atoms with Gasteiger partial charge in [-0.3, -0.25) is 0 Å². The molecule has 0 amide bonds. The van der Waals surface area contributed by atoms with E-state index in [1.807, 2.05) is 26.2 Å². The van der Waals surface area contributed by atoms with E-state index in [1.54, 1.807) is 11.3 Å². The summed E-state index contributed by atoms with van der Waals surface area (Å²) in [4.78, 5) is 4.30. The summed E-state index contributed by atoms with van der Waals surface area (Å²) in [6.07, 6.45) is 1.28. The third-order valence-corrected chi connectivity index (χ3v) is 4.97. The van der Waals surface area contributed by atoms with E-state index in [9.17, 15) is 8.42 Å². The van der Waals surface area contributed by atoms with Crippen LogP contribution in [0, 0.1) is 6.92 Å². The molecule has 0 fully saturated rings. The van der Waals surface area contributed by atoms with Crippen molar-refractivity contribution in [3.05, 3.63) is 16.1 Å². The summed E-state index contributed by atoms with van der Waals surface area (Å²) in [6, 6.07) is 0.392. The SMILES string of the molecule is Cc1csc(CCNS(=O)(=O)CCCNC(C)C)n1. The lowest BCUT2D eigenvalue weighted by molar-refractivity contribution is 0.561. The van der Waals surface area contributed by atoms with Crippen molar-refractivity contribution in [2.24, 2.45) is 0 Å². The Morgan fingerprint density at radius 2 is 2.11 bits per heavy atom. The molecule has 0 radical (unpaired) electrons. The Kier molecular flexibility index (Phi) is 6.92. The van der Waals surface area contributed by atoms with Crippen LogP contribution in [0.15, 0.2) is 5.38 Å². The van der Waals surface area contributed by atoms with Gasteiger partial charge in [0.25, 0.3) is 0 Å². The van der Waals surface area contributed by atoms with Gasteiger partial charge in [0, 0.05) is 30.1 Å². The highest BCUT2D eigenvalue weighted by atomic mass is 32.2. The molecule has 0 aliphatic heterocycles.